The molecule has 0 bridgehead atoms. The maximum atomic E-state index is 15.3. The van der Waals surface area contributed by atoms with E-state index in [1.165, 1.54) is 38.1 Å². The monoisotopic (exact) mass is 790 g/mol. The highest BCUT2D eigenvalue weighted by molar-refractivity contribution is 8.33. The van der Waals surface area contributed by atoms with E-state index in [4.69, 9.17) is 0 Å². The summed E-state index contributed by atoms with van der Waals surface area (Å²) in [6, 6.07) is 14.4. The third-order valence-electron chi connectivity index (χ3n) is 6.99. The number of rotatable bonds is 12. The molecule has 0 fully saturated rings. The maximum Gasteiger partial charge on any atom is 0.460 e. The van der Waals surface area contributed by atoms with Gasteiger partial charge in [0.15, 0.2) is 0 Å². The molecular formula is C28H19F17O3S2. The molecule has 3 aromatic rings. The van der Waals surface area contributed by atoms with Gasteiger partial charge in [-0.25, -0.2) is 3.63 Å². The second kappa shape index (κ2) is 12.4. The first kappa shape index (κ1) is 41.2. The first-order valence-corrected chi connectivity index (χ1v) is 16.0. The molecule has 0 spiro atoms. The minimum absolute atomic E-state index is 0.0395. The van der Waals surface area contributed by atoms with Crippen molar-refractivity contribution in [2.24, 2.45) is 0 Å². The van der Waals surface area contributed by atoms with Crippen LogP contribution in [-0.4, -0.2) is 55.4 Å². The molecule has 22 heteroatoms. The van der Waals surface area contributed by atoms with E-state index in [9.17, 15) is 74.3 Å². The van der Waals surface area contributed by atoms with Gasteiger partial charge in [0.25, 0.3) is 0 Å². The molecule has 0 N–H and O–H groups in total. The molecule has 0 aliphatic carbocycles. The Labute approximate surface area is 272 Å². The predicted octanol–water partition coefficient (Wildman–Crippen LogP) is 10.8. The average molecular weight is 791 g/mol. The van der Waals surface area contributed by atoms with Crippen LogP contribution in [0.2, 0.25) is 0 Å². The van der Waals surface area contributed by atoms with Crippen molar-refractivity contribution in [3.8, 4) is 0 Å². The van der Waals surface area contributed by atoms with Gasteiger partial charge in [-0.15, -0.1) is 0 Å². The van der Waals surface area contributed by atoms with Crippen molar-refractivity contribution < 1.29 is 86.7 Å². The molecule has 0 amide bonds. The van der Waals surface area contributed by atoms with Crippen LogP contribution in [-0.2, 0) is 13.7 Å². The van der Waals surface area contributed by atoms with E-state index in [1.807, 2.05) is 0 Å². The highest BCUT2D eigenvalue weighted by Crippen LogP contribution is 2.72. The fraction of sp³-hybridized carbons (Fsp3) is 0.357. The molecule has 3 aromatic carbocycles. The first-order chi connectivity index (χ1) is 22.3. The largest absolute Gasteiger partial charge is 0.460 e. The smallest absolute Gasteiger partial charge is 0.202 e. The number of hydrogen-bond acceptors (Lipinski definition) is 3. The lowest BCUT2D eigenvalue weighted by Crippen LogP contribution is -2.75. The summed E-state index contributed by atoms with van der Waals surface area (Å²) >= 11 is 0. The van der Waals surface area contributed by atoms with Crippen LogP contribution >= 0.6 is 10.3 Å². The fourth-order valence-corrected chi connectivity index (χ4v) is 9.75. The zero-order valence-corrected chi connectivity index (χ0v) is 26.1. The summed E-state index contributed by atoms with van der Waals surface area (Å²) in [5, 5.41) is -7.86. The summed E-state index contributed by atoms with van der Waals surface area (Å²) < 4.78 is 268. The molecule has 0 radical (unpaired) electrons. The zero-order chi connectivity index (χ0) is 38.8. The topological polar surface area (TPSA) is 43.4 Å². The molecule has 0 unspecified atom stereocenters. The number of halogens is 17. The molecule has 3 nitrogen and oxygen atoms in total. The summed E-state index contributed by atoms with van der Waals surface area (Å²) in [5.41, 5.74) is 0.374. The fourth-order valence-electron chi connectivity index (χ4n) is 4.33. The van der Waals surface area contributed by atoms with Crippen molar-refractivity contribution in [2.45, 2.75) is 75.5 Å². The van der Waals surface area contributed by atoms with Crippen molar-refractivity contribution in [1.29, 1.82) is 0 Å². The Morgan fingerprint density at radius 2 is 0.840 bits per heavy atom. The second-order valence-corrected chi connectivity index (χ2v) is 14.9. The van der Waals surface area contributed by atoms with E-state index in [1.54, 1.807) is 0 Å². The van der Waals surface area contributed by atoms with Gasteiger partial charge in [0.1, 0.15) is 0 Å². The minimum Gasteiger partial charge on any atom is -0.202 e. The Kier molecular flexibility index (Phi) is 10.2. The summed E-state index contributed by atoms with van der Waals surface area (Å²) in [4.78, 5) is -1.38. The predicted molar refractivity (Wildman–Crippen MR) is 142 cm³/mol. The molecule has 0 saturated carbocycles. The third-order valence-corrected chi connectivity index (χ3v) is 12.4. The van der Waals surface area contributed by atoms with E-state index in [2.05, 4.69) is 3.63 Å². The highest BCUT2D eigenvalue weighted by Gasteiger charge is 2.96. The molecular weight excluding hydrogens is 771 g/mol. The van der Waals surface area contributed by atoms with Crippen LogP contribution in [0.3, 0.4) is 0 Å². The lowest BCUT2D eigenvalue weighted by molar-refractivity contribution is -0.458. The van der Waals surface area contributed by atoms with Gasteiger partial charge in [0, 0.05) is 14.7 Å². The van der Waals surface area contributed by atoms with Gasteiger partial charge in [-0.2, -0.15) is 83.1 Å². The van der Waals surface area contributed by atoms with Crippen molar-refractivity contribution in [2.75, 3.05) is 0 Å². The van der Waals surface area contributed by atoms with Crippen LogP contribution in [0.1, 0.15) is 11.1 Å². The van der Waals surface area contributed by atoms with Gasteiger partial charge in [-0.05, 0) is 60.1 Å². The van der Waals surface area contributed by atoms with Crippen LogP contribution in [0, 0.1) is 13.8 Å². The number of alkyl halides is 17. The van der Waals surface area contributed by atoms with Crippen molar-refractivity contribution >= 4 is 20.4 Å². The lowest BCUT2D eigenvalue weighted by atomic mass is 9.91. The molecule has 0 saturated heterocycles. The van der Waals surface area contributed by atoms with Gasteiger partial charge in [-0.1, -0.05) is 54.1 Å². The second-order valence-electron chi connectivity index (χ2n) is 10.4. The number of hydrogen-bond donors (Lipinski definition) is 0. The first-order valence-electron chi connectivity index (χ1n) is 13.0. The summed E-state index contributed by atoms with van der Waals surface area (Å²) in [7, 11) is -12.4. The van der Waals surface area contributed by atoms with E-state index < -0.39 is 82.1 Å². The summed E-state index contributed by atoms with van der Waals surface area (Å²) in [6.07, 6.45) is -7.93. The van der Waals surface area contributed by atoms with Crippen LogP contribution in [0.4, 0.5) is 74.6 Å². The molecule has 0 aliphatic rings. The van der Waals surface area contributed by atoms with Gasteiger partial charge in [0.05, 0.1) is 0 Å². The van der Waals surface area contributed by atoms with Gasteiger partial charge >= 0.3 is 57.1 Å². The molecule has 0 aliphatic heterocycles. The summed E-state index contributed by atoms with van der Waals surface area (Å²) in [5.74, 6) is -52.3. The van der Waals surface area contributed by atoms with Crippen LogP contribution in [0.5, 0.6) is 0 Å². The van der Waals surface area contributed by atoms with Gasteiger partial charge in [0.2, 0.25) is 0 Å². The van der Waals surface area contributed by atoms with E-state index >= 15 is 8.78 Å². The molecule has 50 heavy (non-hydrogen) atoms. The van der Waals surface area contributed by atoms with E-state index in [-0.39, 0.29) is 5.56 Å². The van der Waals surface area contributed by atoms with Crippen LogP contribution in [0.15, 0.2) is 93.5 Å². The Morgan fingerprint density at radius 1 is 0.480 bits per heavy atom. The van der Waals surface area contributed by atoms with Crippen molar-refractivity contribution in [1.82, 2.24) is 0 Å². The third kappa shape index (κ3) is 5.77. The number of benzene rings is 3. The lowest BCUT2D eigenvalue weighted by Gasteiger charge is -2.44. The zero-order valence-electron chi connectivity index (χ0n) is 24.5. The van der Waals surface area contributed by atoms with E-state index in [0.29, 0.717) is 5.56 Å². The quantitative estimate of drug-likeness (QED) is 0.172. The molecule has 0 heterocycles. The minimum atomic E-state index is -8.96. The molecule has 3 rings (SSSR count). The standard InChI is InChI=1S/C28H19F17O3S2/c1-16-13-14-20(17(2)15-16)49(18-9-5-3-6-10-18,19-11-7-4-8-12-19)48-50(46,47)28(44,45)26(39,40)24(35,36)22(31,32)21(29,30)23(33,34)25(37,38)27(41,42)43/h3-15H,1-2H3. The highest BCUT2D eigenvalue weighted by atomic mass is 32.3. The number of aryl methyl sites for hydroxylation is 2. The molecule has 280 valence electrons. The Morgan fingerprint density at radius 3 is 1.20 bits per heavy atom. The Hall–Kier alpha value is -3.27. The normalized spacial score (nSPS) is 15.3. The summed E-state index contributed by atoms with van der Waals surface area (Å²) in [6.45, 7) is 2.68. The van der Waals surface area contributed by atoms with Gasteiger partial charge in [-0.3, -0.25) is 0 Å². The SMILES string of the molecule is Cc1ccc(S(OS(=O)(=O)C(F)(F)C(F)(F)C(F)(F)C(F)(F)C(F)(F)C(F)(F)C(F)(F)C(F)(F)F)(c2ccccc2)c2ccccc2)c(C)c1. The maximum absolute atomic E-state index is 15.3. The van der Waals surface area contributed by atoms with Crippen molar-refractivity contribution in [3.63, 3.8) is 0 Å². The van der Waals surface area contributed by atoms with Gasteiger partial charge < -0.3 is 0 Å². The Balaban J connectivity index is 2.34. The van der Waals surface area contributed by atoms with Crippen LogP contribution in [0.25, 0.3) is 0 Å². The van der Waals surface area contributed by atoms with Crippen molar-refractivity contribution in [3.05, 3.63) is 90.0 Å². The average Bonchev–Trinajstić information content (AvgIpc) is 2.99. The molecule has 0 atom stereocenters. The van der Waals surface area contributed by atoms with E-state index in [0.717, 1.165) is 54.6 Å². The Bertz CT molecular complexity index is 1760. The van der Waals surface area contributed by atoms with Crippen LogP contribution < -0.4 is 0 Å². The molecule has 0 aromatic heterocycles.